The molecule has 0 unspecified atom stereocenters. The summed E-state index contributed by atoms with van der Waals surface area (Å²) in [7, 11) is 1.48. The van der Waals surface area contributed by atoms with Gasteiger partial charge in [-0.05, 0) is 25.1 Å². The zero-order chi connectivity index (χ0) is 12.8. The van der Waals surface area contributed by atoms with E-state index in [0.717, 1.165) is 4.47 Å². The van der Waals surface area contributed by atoms with Crippen molar-refractivity contribution >= 4 is 33.5 Å². The fraction of sp³-hybridized carbons (Fsp3) is 0.273. The number of carbonyl (C=O) groups is 2. The molecule has 0 fully saturated rings. The van der Waals surface area contributed by atoms with Gasteiger partial charge >= 0.3 is 11.9 Å². The van der Waals surface area contributed by atoms with Gasteiger partial charge in [-0.2, -0.15) is 0 Å². The van der Waals surface area contributed by atoms with Crippen LogP contribution in [0.3, 0.4) is 0 Å². The fourth-order valence-electron chi connectivity index (χ4n) is 1.15. The van der Waals surface area contributed by atoms with Crippen LogP contribution in [0, 0.1) is 0 Å². The average Bonchev–Trinajstić information content (AvgIpc) is 2.29. The van der Waals surface area contributed by atoms with Crippen LogP contribution < -0.4 is 10.1 Å². The highest BCUT2D eigenvalue weighted by atomic mass is 79.9. The summed E-state index contributed by atoms with van der Waals surface area (Å²) in [6, 6.07) is 5.07. The SMILES string of the molecule is CCOC(=O)C(=O)Nc1cc(Br)ccc1OC. The number of carbonyl (C=O) groups excluding carboxylic acids is 2. The molecular formula is C11H12BrNO4. The monoisotopic (exact) mass is 301 g/mol. The Balaban J connectivity index is 2.83. The van der Waals surface area contributed by atoms with Crippen molar-refractivity contribution in [3.63, 3.8) is 0 Å². The van der Waals surface area contributed by atoms with E-state index in [1.54, 1.807) is 25.1 Å². The quantitative estimate of drug-likeness (QED) is 0.685. The Kier molecular flexibility index (Phi) is 4.96. The van der Waals surface area contributed by atoms with Gasteiger partial charge in [0.2, 0.25) is 0 Å². The van der Waals surface area contributed by atoms with Gasteiger partial charge in [0.15, 0.2) is 0 Å². The minimum absolute atomic E-state index is 0.155. The predicted octanol–water partition coefficient (Wildman–Crippen LogP) is 1.96. The summed E-state index contributed by atoms with van der Waals surface area (Å²) in [5.41, 5.74) is 0.403. The number of anilines is 1. The van der Waals surface area contributed by atoms with Crippen LogP contribution in [-0.2, 0) is 14.3 Å². The molecule has 1 amide bonds. The molecule has 92 valence electrons. The molecule has 1 aromatic carbocycles. The van der Waals surface area contributed by atoms with Crippen LogP contribution in [0.25, 0.3) is 0 Å². The van der Waals surface area contributed by atoms with Gasteiger partial charge in [0.25, 0.3) is 0 Å². The molecule has 1 aromatic rings. The summed E-state index contributed by atoms with van der Waals surface area (Å²) in [5.74, 6) is -1.29. The molecular weight excluding hydrogens is 290 g/mol. The standard InChI is InChI=1S/C11H12BrNO4/c1-3-17-11(15)10(14)13-8-6-7(12)4-5-9(8)16-2/h4-6H,3H2,1-2H3,(H,13,14). The Morgan fingerprint density at radius 3 is 2.71 bits per heavy atom. The van der Waals surface area contributed by atoms with E-state index in [9.17, 15) is 9.59 Å². The third kappa shape index (κ3) is 3.74. The highest BCUT2D eigenvalue weighted by molar-refractivity contribution is 9.10. The lowest BCUT2D eigenvalue weighted by Gasteiger charge is -2.09. The molecule has 0 aromatic heterocycles. The van der Waals surface area contributed by atoms with Crippen molar-refractivity contribution in [3.8, 4) is 5.75 Å². The topological polar surface area (TPSA) is 64.6 Å². The van der Waals surface area contributed by atoms with Crippen LogP contribution in [0.15, 0.2) is 22.7 Å². The summed E-state index contributed by atoms with van der Waals surface area (Å²) < 4.78 is 10.4. The van der Waals surface area contributed by atoms with E-state index in [4.69, 9.17) is 4.74 Å². The summed E-state index contributed by atoms with van der Waals surface area (Å²) in [6.45, 7) is 1.78. The molecule has 0 radical (unpaired) electrons. The molecule has 0 atom stereocenters. The van der Waals surface area contributed by atoms with Gasteiger partial charge in [0.05, 0.1) is 19.4 Å². The van der Waals surface area contributed by atoms with Crippen LogP contribution in [0.2, 0.25) is 0 Å². The Labute approximate surface area is 107 Å². The van der Waals surface area contributed by atoms with Gasteiger partial charge in [-0.1, -0.05) is 15.9 Å². The van der Waals surface area contributed by atoms with Crippen LogP contribution in [0.4, 0.5) is 5.69 Å². The maximum atomic E-state index is 11.4. The first-order valence-corrected chi connectivity index (χ1v) is 5.69. The summed E-state index contributed by atoms with van der Waals surface area (Å²) in [4.78, 5) is 22.6. The molecule has 17 heavy (non-hydrogen) atoms. The number of benzene rings is 1. The molecule has 1 rings (SSSR count). The first-order chi connectivity index (χ1) is 8.08. The summed E-state index contributed by atoms with van der Waals surface area (Å²) in [5, 5.41) is 2.42. The minimum Gasteiger partial charge on any atom is -0.495 e. The smallest absolute Gasteiger partial charge is 0.397 e. The second-order valence-corrected chi connectivity index (χ2v) is 3.93. The van der Waals surface area contributed by atoms with E-state index in [0.29, 0.717) is 11.4 Å². The molecule has 5 nitrogen and oxygen atoms in total. The molecule has 0 aliphatic carbocycles. The van der Waals surface area contributed by atoms with Crippen molar-refractivity contribution < 1.29 is 19.1 Å². The van der Waals surface area contributed by atoms with Gasteiger partial charge < -0.3 is 14.8 Å². The Morgan fingerprint density at radius 2 is 2.12 bits per heavy atom. The largest absolute Gasteiger partial charge is 0.495 e. The molecule has 0 bridgehead atoms. The van der Waals surface area contributed by atoms with Crippen LogP contribution >= 0.6 is 15.9 Å². The number of nitrogens with one attached hydrogen (secondary N) is 1. The van der Waals surface area contributed by atoms with Gasteiger partial charge in [-0.15, -0.1) is 0 Å². The number of halogens is 1. The third-order valence-corrected chi connectivity index (χ3v) is 2.36. The summed E-state index contributed by atoms with van der Waals surface area (Å²) in [6.07, 6.45) is 0. The number of esters is 1. The number of amides is 1. The van der Waals surface area contributed by atoms with Crippen molar-refractivity contribution in [3.05, 3.63) is 22.7 Å². The van der Waals surface area contributed by atoms with Crippen molar-refractivity contribution in [1.29, 1.82) is 0 Å². The Hall–Kier alpha value is -1.56. The summed E-state index contributed by atoms with van der Waals surface area (Å²) >= 11 is 3.26. The lowest BCUT2D eigenvalue weighted by Crippen LogP contribution is -2.25. The maximum Gasteiger partial charge on any atom is 0.397 e. The van der Waals surface area contributed by atoms with Crippen LogP contribution in [0.1, 0.15) is 6.92 Å². The van der Waals surface area contributed by atoms with Crippen molar-refractivity contribution in [2.75, 3.05) is 19.0 Å². The number of ether oxygens (including phenoxy) is 2. The number of hydrogen-bond donors (Lipinski definition) is 1. The first kappa shape index (κ1) is 13.5. The minimum atomic E-state index is -0.922. The van der Waals surface area contributed by atoms with Gasteiger partial charge in [0.1, 0.15) is 5.75 Å². The number of methoxy groups -OCH3 is 1. The fourth-order valence-corrected chi connectivity index (χ4v) is 1.51. The van der Waals surface area contributed by atoms with E-state index in [2.05, 4.69) is 26.0 Å². The molecule has 0 aliphatic rings. The highest BCUT2D eigenvalue weighted by Gasteiger charge is 2.16. The molecule has 0 aliphatic heterocycles. The lowest BCUT2D eigenvalue weighted by atomic mass is 10.3. The zero-order valence-electron chi connectivity index (χ0n) is 9.45. The lowest BCUT2D eigenvalue weighted by molar-refractivity contribution is -0.152. The number of rotatable bonds is 3. The first-order valence-electron chi connectivity index (χ1n) is 4.90. The van der Waals surface area contributed by atoms with E-state index >= 15 is 0 Å². The van der Waals surface area contributed by atoms with E-state index < -0.39 is 11.9 Å². The van der Waals surface area contributed by atoms with Crippen LogP contribution in [-0.4, -0.2) is 25.6 Å². The average molecular weight is 302 g/mol. The molecule has 0 heterocycles. The van der Waals surface area contributed by atoms with Crippen LogP contribution in [0.5, 0.6) is 5.75 Å². The van der Waals surface area contributed by atoms with E-state index in [-0.39, 0.29) is 6.61 Å². The molecule has 0 spiro atoms. The Morgan fingerprint density at radius 1 is 1.41 bits per heavy atom. The normalized spacial score (nSPS) is 9.59. The highest BCUT2D eigenvalue weighted by Crippen LogP contribution is 2.27. The van der Waals surface area contributed by atoms with Gasteiger partial charge in [-0.3, -0.25) is 4.79 Å². The van der Waals surface area contributed by atoms with Crippen molar-refractivity contribution in [2.24, 2.45) is 0 Å². The van der Waals surface area contributed by atoms with Crippen molar-refractivity contribution in [1.82, 2.24) is 0 Å². The maximum absolute atomic E-state index is 11.4. The van der Waals surface area contributed by atoms with E-state index in [1.807, 2.05) is 0 Å². The molecule has 0 saturated heterocycles. The predicted molar refractivity (Wildman–Crippen MR) is 66.0 cm³/mol. The third-order valence-electron chi connectivity index (χ3n) is 1.87. The van der Waals surface area contributed by atoms with Gasteiger partial charge in [-0.25, -0.2) is 4.79 Å². The molecule has 6 heteroatoms. The molecule has 0 saturated carbocycles. The van der Waals surface area contributed by atoms with Gasteiger partial charge in [0, 0.05) is 4.47 Å². The second kappa shape index (κ2) is 6.24. The molecule has 1 N–H and O–H groups in total. The Bertz CT molecular complexity index is 433. The zero-order valence-corrected chi connectivity index (χ0v) is 11.0. The second-order valence-electron chi connectivity index (χ2n) is 3.02. The number of hydrogen-bond acceptors (Lipinski definition) is 4. The van der Waals surface area contributed by atoms with Crippen molar-refractivity contribution in [2.45, 2.75) is 6.92 Å². The van der Waals surface area contributed by atoms with E-state index in [1.165, 1.54) is 7.11 Å².